The van der Waals surface area contributed by atoms with Crippen LogP contribution in [0.25, 0.3) is 0 Å². The number of nitrogens with one attached hydrogen (secondary N) is 1. The Morgan fingerprint density at radius 3 is 2.57 bits per heavy atom. The molecule has 0 aliphatic rings. The number of nitriles is 1. The smallest absolute Gasteiger partial charge is 0.234 e. The van der Waals surface area contributed by atoms with Gasteiger partial charge in [0.05, 0.1) is 17.0 Å². The van der Waals surface area contributed by atoms with Crippen LogP contribution in [0.5, 0.6) is 0 Å². The molecule has 0 bridgehead atoms. The predicted octanol–water partition coefficient (Wildman–Crippen LogP) is 3.66. The molecule has 0 atom stereocenters. The topological polar surface area (TPSA) is 78.7 Å². The number of carbonyl (C=O) groups is 1. The van der Waals surface area contributed by atoms with Gasteiger partial charge in [-0.3, -0.25) is 4.79 Å². The Labute approximate surface area is 144 Å². The van der Waals surface area contributed by atoms with Crippen LogP contribution < -0.4 is 5.32 Å². The van der Waals surface area contributed by atoms with Crippen molar-refractivity contribution in [3.05, 3.63) is 45.7 Å². The molecule has 1 heterocycles. The highest BCUT2D eigenvalue weighted by Crippen LogP contribution is 2.22. The van der Waals surface area contributed by atoms with Gasteiger partial charge in [-0.25, -0.2) is 9.97 Å². The second kappa shape index (κ2) is 7.44. The van der Waals surface area contributed by atoms with Crippen LogP contribution >= 0.6 is 23.4 Å². The van der Waals surface area contributed by atoms with E-state index < -0.39 is 0 Å². The fourth-order valence-corrected chi connectivity index (χ4v) is 2.75. The lowest BCUT2D eigenvalue weighted by atomic mass is 10.2. The van der Waals surface area contributed by atoms with Crippen LogP contribution in [0.3, 0.4) is 0 Å². The first-order valence-electron chi connectivity index (χ1n) is 6.85. The second-order valence-electron chi connectivity index (χ2n) is 4.94. The lowest BCUT2D eigenvalue weighted by Gasteiger charge is -2.08. The van der Waals surface area contributed by atoms with Gasteiger partial charge in [0, 0.05) is 16.4 Å². The highest BCUT2D eigenvalue weighted by molar-refractivity contribution is 7.99. The van der Waals surface area contributed by atoms with Crippen LogP contribution in [0.1, 0.15) is 22.5 Å². The maximum atomic E-state index is 12.1. The van der Waals surface area contributed by atoms with Crippen molar-refractivity contribution < 1.29 is 4.79 Å². The van der Waals surface area contributed by atoms with Gasteiger partial charge < -0.3 is 5.32 Å². The van der Waals surface area contributed by atoms with E-state index in [9.17, 15) is 4.79 Å². The van der Waals surface area contributed by atoms with E-state index in [1.807, 2.05) is 26.8 Å². The molecule has 0 fully saturated rings. The Bertz CT molecular complexity index is 778. The monoisotopic (exact) mass is 346 g/mol. The van der Waals surface area contributed by atoms with Gasteiger partial charge in [-0.05, 0) is 44.5 Å². The SMILES string of the molecule is Cc1nc(SCC(=O)Nc2cc(Cl)ccc2C#N)nc(C)c1C. The van der Waals surface area contributed by atoms with Crippen molar-refractivity contribution in [2.75, 3.05) is 11.1 Å². The summed E-state index contributed by atoms with van der Waals surface area (Å²) in [5.74, 6) is -0.0903. The number of hydrogen-bond donors (Lipinski definition) is 1. The zero-order valence-corrected chi connectivity index (χ0v) is 14.5. The number of thioether (sulfide) groups is 1. The predicted molar refractivity (Wildman–Crippen MR) is 91.8 cm³/mol. The molecule has 0 aliphatic heterocycles. The summed E-state index contributed by atoms with van der Waals surface area (Å²) in [5, 5.41) is 12.8. The number of rotatable bonds is 4. The second-order valence-corrected chi connectivity index (χ2v) is 6.32. The molecule has 2 rings (SSSR count). The van der Waals surface area contributed by atoms with Crippen molar-refractivity contribution in [1.29, 1.82) is 5.26 Å². The lowest BCUT2D eigenvalue weighted by Crippen LogP contribution is -2.15. The van der Waals surface area contributed by atoms with Gasteiger partial charge in [0.2, 0.25) is 5.91 Å². The molecule has 0 saturated carbocycles. The van der Waals surface area contributed by atoms with Crippen LogP contribution in [-0.2, 0) is 4.79 Å². The first kappa shape index (κ1) is 17.3. The fraction of sp³-hybridized carbons (Fsp3) is 0.250. The van der Waals surface area contributed by atoms with Crippen molar-refractivity contribution in [2.45, 2.75) is 25.9 Å². The van der Waals surface area contributed by atoms with E-state index in [0.717, 1.165) is 17.0 Å². The molecule has 0 aliphatic carbocycles. The molecule has 0 radical (unpaired) electrons. The normalized spacial score (nSPS) is 10.2. The Hall–Kier alpha value is -2.10. The highest BCUT2D eigenvalue weighted by atomic mass is 35.5. The summed E-state index contributed by atoms with van der Waals surface area (Å²) in [5.41, 5.74) is 3.63. The van der Waals surface area contributed by atoms with Crippen LogP contribution in [0, 0.1) is 32.1 Å². The van der Waals surface area contributed by atoms with E-state index in [-0.39, 0.29) is 11.7 Å². The number of benzene rings is 1. The summed E-state index contributed by atoms with van der Waals surface area (Å²) in [6.07, 6.45) is 0. The molecule has 5 nitrogen and oxygen atoms in total. The van der Waals surface area contributed by atoms with E-state index in [4.69, 9.17) is 16.9 Å². The zero-order valence-electron chi connectivity index (χ0n) is 13.0. The van der Waals surface area contributed by atoms with Crippen LogP contribution in [0.2, 0.25) is 5.02 Å². The average Bonchev–Trinajstić information content (AvgIpc) is 2.50. The molecule has 1 aromatic heterocycles. The molecule has 1 amide bonds. The molecule has 0 saturated heterocycles. The minimum Gasteiger partial charge on any atom is -0.324 e. The maximum Gasteiger partial charge on any atom is 0.234 e. The molecular weight excluding hydrogens is 332 g/mol. The van der Waals surface area contributed by atoms with E-state index in [2.05, 4.69) is 15.3 Å². The first-order chi connectivity index (χ1) is 10.9. The molecule has 0 spiro atoms. The first-order valence-corrected chi connectivity index (χ1v) is 8.21. The van der Waals surface area contributed by atoms with Crippen LogP contribution in [0.4, 0.5) is 5.69 Å². The molecule has 118 valence electrons. The molecule has 0 unspecified atom stereocenters. The van der Waals surface area contributed by atoms with Gasteiger partial charge in [-0.1, -0.05) is 23.4 Å². The number of aromatic nitrogens is 2. The molecule has 2 aromatic rings. The van der Waals surface area contributed by atoms with Gasteiger partial charge in [0.25, 0.3) is 0 Å². The average molecular weight is 347 g/mol. The largest absolute Gasteiger partial charge is 0.324 e. The summed E-state index contributed by atoms with van der Waals surface area (Å²) in [4.78, 5) is 20.8. The number of hydrogen-bond acceptors (Lipinski definition) is 5. The van der Waals surface area contributed by atoms with Gasteiger partial charge in [0.1, 0.15) is 6.07 Å². The maximum absolute atomic E-state index is 12.1. The Balaban J connectivity index is 2.04. The Morgan fingerprint density at radius 2 is 1.96 bits per heavy atom. The fourth-order valence-electron chi connectivity index (χ4n) is 1.84. The number of carbonyl (C=O) groups excluding carboxylic acids is 1. The summed E-state index contributed by atoms with van der Waals surface area (Å²) in [6.45, 7) is 5.80. The number of amides is 1. The van der Waals surface area contributed by atoms with Crippen molar-refractivity contribution in [1.82, 2.24) is 9.97 Å². The van der Waals surface area contributed by atoms with Crippen molar-refractivity contribution >= 4 is 35.0 Å². The van der Waals surface area contributed by atoms with E-state index in [0.29, 0.717) is 21.4 Å². The molecular formula is C16H15ClN4OS. The number of halogens is 1. The summed E-state index contributed by atoms with van der Waals surface area (Å²) in [6, 6.07) is 6.75. The van der Waals surface area contributed by atoms with Gasteiger partial charge in [-0.15, -0.1) is 0 Å². The Morgan fingerprint density at radius 1 is 1.30 bits per heavy atom. The summed E-state index contributed by atoms with van der Waals surface area (Å²) < 4.78 is 0. The molecule has 23 heavy (non-hydrogen) atoms. The van der Waals surface area contributed by atoms with Crippen molar-refractivity contribution in [3.63, 3.8) is 0 Å². The standard InChI is InChI=1S/C16H15ClN4OS/c1-9-10(2)19-16(20-11(9)3)23-8-15(22)21-14-6-13(17)5-4-12(14)7-18/h4-6H,8H2,1-3H3,(H,21,22). The molecule has 7 heteroatoms. The number of aryl methyl sites for hydroxylation is 2. The van der Waals surface area contributed by atoms with Gasteiger partial charge in [0.15, 0.2) is 5.16 Å². The summed E-state index contributed by atoms with van der Waals surface area (Å²) >= 11 is 7.15. The van der Waals surface area contributed by atoms with Crippen molar-refractivity contribution in [3.8, 4) is 6.07 Å². The number of nitrogens with zero attached hydrogens (tertiary/aromatic N) is 3. The van der Waals surface area contributed by atoms with E-state index >= 15 is 0 Å². The third-order valence-electron chi connectivity index (χ3n) is 3.32. The van der Waals surface area contributed by atoms with Gasteiger partial charge >= 0.3 is 0 Å². The third-order valence-corrected chi connectivity index (χ3v) is 4.40. The van der Waals surface area contributed by atoms with E-state index in [1.54, 1.807) is 18.2 Å². The van der Waals surface area contributed by atoms with E-state index in [1.165, 1.54) is 11.8 Å². The minimum atomic E-state index is -0.242. The van der Waals surface area contributed by atoms with Gasteiger partial charge in [-0.2, -0.15) is 5.26 Å². The molecule has 1 aromatic carbocycles. The highest BCUT2D eigenvalue weighted by Gasteiger charge is 2.11. The number of anilines is 1. The minimum absolute atomic E-state index is 0.152. The Kier molecular flexibility index (Phi) is 5.59. The van der Waals surface area contributed by atoms with Crippen LogP contribution in [-0.4, -0.2) is 21.6 Å². The zero-order chi connectivity index (χ0) is 17.0. The lowest BCUT2D eigenvalue weighted by molar-refractivity contribution is -0.113. The summed E-state index contributed by atoms with van der Waals surface area (Å²) in [7, 11) is 0. The van der Waals surface area contributed by atoms with Crippen molar-refractivity contribution in [2.24, 2.45) is 0 Å². The quantitative estimate of drug-likeness (QED) is 0.675. The third kappa shape index (κ3) is 4.44. The molecule has 1 N–H and O–H groups in total. The van der Waals surface area contributed by atoms with Crippen LogP contribution in [0.15, 0.2) is 23.4 Å².